The first-order chi connectivity index (χ1) is 11.5. The minimum absolute atomic E-state index is 0.214. The van der Waals surface area contributed by atoms with E-state index in [4.69, 9.17) is 0 Å². The first-order valence-corrected chi connectivity index (χ1v) is 9.03. The molecule has 5 heteroatoms. The number of nitrogens with zero attached hydrogens (tertiary/aromatic N) is 4. The van der Waals surface area contributed by atoms with Crippen molar-refractivity contribution in [2.75, 3.05) is 46.8 Å². The summed E-state index contributed by atoms with van der Waals surface area (Å²) in [4.78, 5) is 23.3. The van der Waals surface area contributed by atoms with Crippen molar-refractivity contribution >= 4 is 5.91 Å². The van der Waals surface area contributed by atoms with Crippen LogP contribution in [-0.2, 0) is 11.3 Å². The summed E-state index contributed by atoms with van der Waals surface area (Å²) in [6, 6.07) is 6.27. The van der Waals surface area contributed by atoms with Crippen LogP contribution < -0.4 is 0 Å². The Bertz CT molecular complexity index is 588. The number of hydrogen-bond donors (Lipinski definition) is 0. The topological polar surface area (TPSA) is 39.7 Å². The number of amides is 1. The van der Waals surface area contributed by atoms with Gasteiger partial charge in [-0.1, -0.05) is 6.07 Å². The van der Waals surface area contributed by atoms with Gasteiger partial charge in [0.1, 0.15) is 0 Å². The van der Waals surface area contributed by atoms with Crippen LogP contribution in [0.2, 0.25) is 0 Å². The van der Waals surface area contributed by atoms with Crippen molar-refractivity contribution in [3.05, 3.63) is 29.6 Å². The number of hydrogen-bond acceptors (Lipinski definition) is 4. The lowest BCUT2D eigenvalue weighted by Gasteiger charge is -2.40. The summed E-state index contributed by atoms with van der Waals surface area (Å²) in [7, 11) is 3.68. The van der Waals surface area contributed by atoms with Crippen LogP contribution in [-0.4, -0.2) is 72.4 Å². The molecule has 132 valence electrons. The van der Waals surface area contributed by atoms with Gasteiger partial charge in [0.05, 0.1) is 12.2 Å². The van der Waals surface area contributed by atoms with Crippen LogP contribution in [0, 0.1) is 12.3 Å². The van der Waals surface area contributed by atoms with Crippen LogP contribution in [0.3, 0.4) is 0 Å². The van der Waals surface area contributed by atoms with Crippen molar-refractivity contribution in [3.8, 4) is 0 Å². The van der Waals surface area contributed by atoms with E-state index < -0.39 is 0 Å². The molecular weight excluding hydrogens is 300 g/mol. The van der Waals surface area contributed by atoms with E-state index in [2.05, 4.69) is 39.9 Å². The molecule has 24 heavy (non-hydrogen) atoms. The SMILES string of the molecule is Cc1cccc(CN2CC[C@@]3(CCCN(CC(=O)N(C)C)C3)C2)n1. The Morgan fingerprint density at radius 1 is 1.21 bits per heavy atom. The van der Waals surface area contributed by atoms with Crippen molar-refractivity contribution in [1.29, 1.82) is 0 Å². The van der Waals surface area contributed by atoms with E-state index in [1.54, 1.807) is 4.90 Å². The number of rotatable bonds is 4. The van der Waals surface area contributed by atoms with Crippen LogP contribution in [0.5, 0.6) is 0 Å². The molecule has 2 aliphatic heterocycles. The zero-order valence-electron chi connectivity index (χ0n) is 15.3. The van der Waals surface area contributed by atoms with Gasteiger partial charge in [0.25, 0.3) is 0 Å². The van der Waals surface area contributed by atoms with E-state index in [1.807, 2.05) is 14.1 Å². The second-order valence-electron chi connectivity index (χ2n) is 7.83. The molecule has 0 saturated carbocycles. The molecule has 2 saturated heterocycles. The summed E-state index contributed by atoms with van der Waals surface area (Å²) in [5, 5.41) is 0. The highest BCUT2D eigenvalue weighted by Gasteiger charge is 2.41. The minimum Gasteiger partial charge on any atom is -0.348 e. The molecule has 2 fully saturated rings. The predicted molar refractivity (Wildman–Crippen MR) is 95.7 cm³/mol. The van der Waals surface area contributed by atoms with Crippen molar-refractivity contribution in [3.63, 3.8) is 0 Å². The molecule has 0 N–H and O–H groups in total. The van der Waals surface area contributed by atoms with E-state index in [0.717, 1.165) is 38.4 Å². The molecule has 3 rings (SSSR count). The third-order valence-electron chi connectivity index (χ3n) is 5.45. The number of aromatic nitrogens is 1. The van der Waals surface area contributed by atoms with Gasteiger partial charge < -0.3 is 4.90 Å². The highest BCUT2D eigenvalue weighted by atomic mass is 16.2. The van der Waals surface area contributed by atoms with E-state index in [0.29, 0.717) is 12.0 Å². The number of aryl methyl sites for hydroxylation is 1. The summed E-state index contributed by atoms with van der Waals surface area (Å²) in [6.07, 6.45) is 3.74. The fourth-order valence-corrected chi connectivity index (χ4v) is 4.19. The number of carbonyl (C=O) groups excluding carboxylic acids is 1. The van der Waals surface area contributed by atoms with Gasteiger partial charge in [-0.2, -0.15) is 0 Å². The molecule has 0 bridgehead atoms. The van der Waals surface area contributed by atoms with Gasteiger partial charge in [0.2, 0.25) is 5.91 Å². The Labute approximate surface area is 145 Å². The molecule has 1 spiro atoms. The van der Waals surface area contributed by atoms with Crippen LogP contribution in [0.4, 0.5) is 0 Å². The predicted octanol–water partition coefficient (Wildman–Crippen LogP) is 1.77. The highest BCUT2D eigenvalue weighted by Crippen LogP contribution is 2.39. The maximum Gasteiger partial charge on any atom is 0.236 e. The number of likely N-dealkylation sites (N-methyl/N-ethyl adjacent to an activating group) is 1. The molecule has 1 atom stereocenters. The number of carbonyl (C=O) groups is 1. The molecule has 5 nitrogen and oxygen atoms in total. The van der Waals surface area contributed by atoms with Crippen LogP contribution >= 0.6 is 0 Å². The molecule has 3 heterocycles. The van der Waals surface area contributed by atoms with E-state index in [1.165, 1.54) is 25.0 Å². The van der Waals surface area contributed by atoms with Gasteiger partial charge in [0, 0.05) is 39.4 Å². The number of piperidine rings is 1. The quantitative estimate of drug-likeness (QED) is 0.843. The third kappa shape index (κ3) is 4.14. The standard InChI is InChI=1S/C19H30N4O/c1-16-6-4-7-17(20-16)12-23-11-9-19(15-23)8-5-10-22(14-19)13-18(24)21(2)3/h4,6-7H,5,8-15H2,1-3H3/t19-/m1/s1. The highest BCUT2D eigenvalue weighted by molar-refractivity contribution is 5.77. The Morgan fingerprint density at radius 3 is 2.75 bits per heavy atom. The smallest absolute Gasteiger partial charge is 0.236 e. The Balaban J connectivity index is 1.58. The monoisotopic (exact) mass is 330 g/mol. The van der Waals surface area contributed by atoms with Gasteiger partial charge >= 0.3 is 0 Å². The van der Waals surface area contributed by atoms with Crippen molar-refractivity contribution in [2.45, 2.75) is 32.7 Å². The average Bonchev–Trinajstić information content (AvgIpc) is 2.89. The average molecular weight is 330 g/mol. The van der Waals surface area contributed by atoms with Gasteiger partial charge in [-0.15, -0.1) is 0 Å². The second-order valence-corrected chi connectivity index (χ2v) is 7.83. The van der Waals surface area contributed by atoms with Gasteiger partial charge in [-0.25, -0.2) is 0 Å². The normalized spacial score (nSPS) is 25.3. The second kappa shape index (κ2) is 7.19. The fourth-order valence-electron chi connectivity index (χ4n) is 4.19. The third-order valence-corrected chi connectivity index (χ3v) is 5.45. The molecule has 0 unspecified atom stereocenters. The van der Waals surface area contributed by atoms with Crippen molar-refractivity contribution in [2.24, 2.45) is 5.41 Å². The summed E-state index contributed by atoms with van der Waals surface area (Å²) in [5.74, 6) is 0.214. The lowest BCUT2D eigenvalue weighted by atomic mass is 9.79. The summed E-state index contributed by atoms with van der Waals surface area (Å²) in [6.45, 7) is 7.95. The summed E-state index contributed by atoms with van der Waals surface area (Å²) in [5.41, 5.74) is 2.63. The molecule has 1 amide bonds. The molecule has 1 aromatic rings. The maximum atomic E-state index is 12.0. The summed E-state index contributed by atoms with van der Waals surface area (Å²) >= 11 is 0. The molecular formula is C19H30N4O. The van der Waals surface area contributed by atoms with Gasteiger partial charge in [-0.3, -0.25) is 19.6 Å². The van der Waals surface area contributed by atoms with Crippen LogP contribution in [0.25, 0.3) is 0 Å². The van der Waals surface area contributed by atoms with Gasteiger partial charge in [-0.05, 0) is 56.8 Å². The minimum atomic E-state index is 0.214. The Kier molecular flexibility index (Phi) is 5.21. The molecule has 2 aliphatic rings. The molecule has 0 radical (unpaired) electrons. The van der Waals surface area contributed by atoms with Crippen molar-refractivity contribution in [1.82, 2.24) is 19.7 Å². The Morgan fingerprint density at radius 2 is 2.00 bits per heavy atom. The number of pyridine rings is 1. The Hall–Kier alpha value is -1.46. The first-order valence-electron chi connectivity index (χ1n) is 9.03. The maximum absolute atomic E-state index is 12.0. The van der Waals surface area contributed by atoms with E-state index in [9.17, 15) is 4.79 Å². The van der Waals surface area contributed by atoms with Crippen LogP contribution in [0.15, 0.2) is 18.2 Å². The van der Waals surface area contributed by atoms with Crippen LogP contribution in [0.1, 0.15) is 30.7 Å². The van der Waals surface area contributed by atoms with Gasteiger partial charge in [0.15, 0.2) is 0 Å². The zero-order chi connectivity index (χ0) is 17.2. The molecule has 1 aromatic heterocycles. The largest absolute Gasteiger partial charge is 0.348 e. The fraction of sp³-hybridized carbons (Fsp3) is 0.684. The lowest BCUT2D eigenvalue weighted by molar-refractivity contribution is -0.130. The first kappa shape index (κ1) is 17.4. The molecule has 0 aliphatic carbocycles. The molecule has 0 aromatic carbocycles. The lowest BCUT2D eigenvalue weighted by Crippen LogP contribution is -2.48. The van der Waals surface area contributed by atoms with Crippen molar-refractivity contribution < 1.29 is 4.79 Å². The zero-order valence-corrected chi connectivity index (χ0v) is 15.3. The van der Waals surface area contributed by atoms with E-state index in [-0.39, 0.29) is 5.91 Å². The van der Waals surface area contributed by atoms with E-state index >= 15 is 0 Å². The summed E-state index contributed by atoms with van der Waals surface area (Å²) < 4.78 is 0. The number of likely N-dealkylation sites (tertiary alicyclic amines) is 2.